The maximum atomic E-state index is 11.7. The Morgan fingerprint density at radius 1 is 1.32 bits per heavy atom. The molecule has 1 atom stereocenters. The highest BCUT2D eigenvalue weighted by molar-refractivity contribution is 9.08. The third-order valence-corrected chi connectivity index (χ3v) is 3.41. The van der Waals surface area contributed by atoms with E-state index < -0.39 is 6.10 Å². The van der Waals surface area contributed by atoms with Gasteiger partial charge in [0.05, 0.1) is 6.61 Å². The molecule has 0 saturated carbocycles. The van der Waals surface area contributed by atoms with E-state index in [1.54, 1.807) is 13.8 Å². The van der Waals surface area contributed by atoms with Gasteiger partial charge in [-0.3, -0.25) is 0 Å². The lowest BCUT2D eigenvalue weighted by atomic mass is 9.99. The summed E-state index contributed by atoms with van der Waals surface area (Å²) in [4.78, 5) is 11.7. The summed E-state index contributed by atoms with van der Waals surface area (Å²) in [7, 11) is 0. The summed E-state index contributed by atoms with van der Waals surface area (Å²) in [6.07, 6.45) is -0.599. The molecule has 0 fully saturated rings. The Bertz CT molecular complexity index is 429. The molecule has 0 N–H and O–H groups in total. The van der Waals surface area contributed by atoms with Crippen molar-refractivity contribution in [3.05, 3.63) is 29.3 Å². The molecule has 0 heterocycles. The number of hydrogen-bond donors (Lipinski definition) is 0. The molecule has 1 aromatic carbocycles. The molecular weight excluding hydrogens is 308 g/mol. The van der Waals surface area contributed by atoms with Gasteiger partial charge in [-0.1, -0.05) is 48.0 Å². The Morgan fingerprint density at radius 2 is 2.00 bits per heavy atom. The van der Waals surface area contributed by atoms with Gasteiger partial charge in [-0.05, 0) is 25.3 Å². The number of rotatable bonds is 6. The van der Waals surface area contributed by atoms with Crippen molar-refractivity contribution in [3.63, 3.8) is 0 Å². The summed E-state index contributed by atoms with van der Waals surface area (Å²) >= 11 is 3.45. The van der Waals surface area contributed by atoms with Crippen LogP contribution in [0.5, 0.6) is 5.75 Å². The van der Waals surface area contributed by atoms with E-state index in [1.807, 2.05) is 18.2 Å². The molecule has 1 aromatic rings. The van der Waals surface area contributed by atoms with E-state index in [1.165, 1.54) is 0 Å². The summed E-state index contributed by atoms with van der Waals surface area (Å²) < 4.78 is 10.8. The van der Waals surface area contributed by atoms with E-state index in [9.17, 15) is 4.79 Å². The molecular formula is C15H21BrO3. The van der Waals surface area contributed by atoms with Crippen LogP contribution in [0.4, 0.5) is 0 Å². The number of para-hydroxylation sites is 1. The second-order valence-electron chi connectivity index (χ2n) is 4.64. The van der Waals surface area contributed by atoms with Crippen LogP contribution >= 0.6 is 15.9 Å². The smallest absolute Gasteiger partial charge is 0.347 e. The average Bonchev–Trinajstić information content (AvgIpc) is 2.38. The first-order valence-corrected chi connectivity index (χ1v) is 7.64. The first kappa shape index (κ1) is 16.0. The van der Waals surface area contributed by atoms with Gasteiger partial charge in [0.2, 0.25) is 0 Å². The average molecular weight is 329 g/mol. The topological polar surface area (TPSA) is 35.5 Å². The predicted molar refractivity (Wildman–Crippen MR) is 79.9 cm³/mol. The van der Waals surface area contributed by atoms with Crippen molar-refractivity contribution >= 4 is 21.9 Å². The van der Waals surface area contributed by atoms with Crippen molar-refractivity contribution in [1.82, 2.24) is 0 Å². The third-order valence-electron chi connectivity index (χ3n) is 2.81. The highest BCUT2D eigenvalue weighted by Gasteiger charge is 2.20. The molecule has 0 aliphatic heterocycles. The molecule has 0 radical (unpaired) electrons. The van der Waals surface area contributed by atoms with Crippen molar-refractivity contribution in [1.29, 1.82) is 0 Å². The highest BCUT2D eigenvalue weighted by atomic mass is 79.9. The van der Waals surface area contributed by atoms with E-state index >= 15 is 0 Å². The first-order chi connectivity index (χ1) is 9.01. The van der Waals surface area contributed by atoms with Gasteiger partial charge >= 0.3 is 5.97 Å². The molecule has 3 nitrogen and oxygen atoms in total. The fourth-order valence-electron chi connectivity index (χ4n) is 1.79. The van der Waals surface area contributed by atoms with Gasteiger partial charge in [0.15, 0.2) is 6.10 Å². The summed E-state index contributed by atoms with van der Waals surface area (Å²) in [6, 6.07) is 6.03. The lowest BCUT2D eigenvalue weighted by Crippen LogP contribution is -2.27. The summed E-state index contributed by atoms with van der Waals surface area (Å²) in [5, 5.41) is 0.693. The maximum Gasteiger partial charge on any atom is 0.347 e. The SMILES string of the molecule is CCOC(=O)C(C)Oc1c(CBr)cccc1C(C)C. The van der Waals surface area contributed by atoms with Crippen LogP contribution in [0.15, 0.2) is 18.2 Å². The third kappa shape index (κ3) is 4.23. The van der Waals surface area contributed by atoms with Crippen molar-refractivity contribution in [2.75, 3.05) is 6.61 Å². The van der Waals surface area contributed by atoms with Crippen LogP contribution < -0.4 is 4.74 Å². The van der Waals surface area contributed by atoms with Crippen LogP contribution in [-0.2, 0) is 14.9 Å². The van der Waals surface area contributed by atoms with Crippen molar-refractivity contribution < 1.29 is 14.3 Å². The van der Waals surface area contributed by atoms with E-state index in [2.05, 4.69) is 29.8 Å². The van der Waals surface area contributed by atoms with Crippen LogP contribution in [0.25, 0.3) is 0 Å². The number of alkyl halides is 1. The minimum Gasteiger partial charge on any atom is -0.478 e. The van der Waals surface area contributed by atoms with Gasteiger partial charge in [-0.15, -0.1) is 0 Å². The minimum absolute atomic E-state index is 0.332. The zero-order valence-electron chi connectivity index (χ0n) is 11.9. The Labute approximate surface area is 123 Å². The van der Waals surface area contributed by atoms with Crippen LogP contribution in [-0.4, -0.2) is 18.7 Å². The molecule has 106 valence electrons. The normalized spacial score (nSPS) is 12.3. The largest absolute Gasteiger partial charge is 0.478 e. The molecule has 1 unspecified atom stereocenters. The summed E-state index contributed by atoms with van der Waals surface area (Å²) in [6.45, 7) is 8.08. The van der Waals surface area contributed by atoms with E-state index in [0.717, 1.165) is 16.9 Å². The molecule has 19 heavy (non-hydrogen) atoms. The number of esters is 1. The molecule has 0 aliphatic carbocycles. The van der Waals surface area contributed by atoms with Gasteiger partial charge in [0.25, 0.3) is 0 Å². The van der Waals surface area contributed by atoms with Gasteiger partial charge < -0.3 is 9.47 Å². The molecule has 0 aliphatic rings. The van der Waals surface area contributed by atoms with Crippen LogP contribution in [0.2, 0.25) is 0 Å². The Balaban J connectivity index is 3.01. The summed E-state index contributed by atoms with van der Waals surface area (Å²) in [5.41, 5.74) is 2.15. The van der Waals surface area contributed by atoms with Gasteiger partial charge in [-0.2, -0.15) is 0 Å². The van der Waals surface area contributed by atoms with Crippen molar-refractivity contribution in [3.8, 4) is 5.75 Å². The number of carbonyl (C=O) groups excluding carboxylic acids is 1. The number of carbonyl (C=O) groups is 1. The monoisotopic (exact) mass is 328 g/mol. The van der Waals surface area contributed by atoms with E-state index in [-0.39, 0.29) is 5.97 Å². The number of ether oxygens (including phenoxy) is 2. The molecule has 4 heteroatoms. The molecule has 0 saturated heterocycles. The standard InChI is InChI=1S/C15H21BrO3/c1-5-18-15(17)11(4)19-14-12(9-16)7-6-8-13(14)10(2)3/h6-8,10-11H,5,9H2,1-4H3. The van der Waals surface area contributed by atoms with Crippen LogP contribution in [0, 0.1) is 0 Å². The Morgan fingerprint density at radius 3 is 2.53 bits per heavy atom. The van der Waals surface area contributed by atoms with E-state index in [4.69, 9.17) is 9.47 Å². The fourth-order valence-corrected chi connectivity index (χ4v) is 2.23. The Kier molecular flexibility index (Phi) is 6.35. The Hall–Kier alpha value is -1.03. The lowest BCUT2D eigenvalue weighted by molar-refractivity contribution is -0.150. The fraction of sp³-hybridized carbons (Fsp3) is 0.533. The molecule has 0 spiro atoms. The molecule has 1 rings (SSSR count). The minimum atomic E-state index is -0.599. The highest BCUT2D eigenvalue weighted by Crippen LogP contribution is 2.32. The van der Waals surface area contributed by atoms with Gasteiger partial charge in [-0.25, -0.2) is 4.79 Å². The van der Waals surface area contributed by atoms with Crippen LogP contribution in [0.1, 0.15) is 44.7 Å². The maximum absolute atomic E-state index is 11.7. The quantitative estimate of drug-likeness (QED) is 0.584. The van der Waals surface area contributed by atoms with Gasteiger partial charge in [0.1, 0.15) is 5.75 Å². The van der Waals surface area contributed by atoms with Crippen molar-refractivity contribution in [2.24, 2.45) is 0 Å². The van der Waals surface area contributed by atoms with Crippen LogP contribution in [0.3, 0.4) is 0 Å². The second-order valence-corrected chi connectivity index (χ2v) is 5.20. The number of halogens is 1. The number of benzene rings is 1. The molecule has 0 bridgehead atoms. The first-order valence-electron chi connectivity index (χ1n) is 6.52. The zero-order valence-corrected chi connectivity index (χ0v) is 13.5. The zero-order chi connectivity index (χ0) is 14.4. The molecule has 0 aromatic heterocycles. The predicted octanol–water partition coefficient (Wildman–Crippen LogP) is 4.04. The number of hydrogen-bond acceptors (Lipinski definition) is 3. The molecule has 0 amide bonds. The summed E-state index contributed by atoms with van der Waals surface area (Å²) in [5.74, 6) is 0.792. The second kappa shape index (κ2) is 7.53. The lowest BCUT2D eigenvalue weighted by Gasteiger charge is -2.20. The van der Waals surface area contributed by atoms with Crippen molar-refractivity contribution in [2.45, 2.75) is 45.0 Å². The van der Waals surface area contributed by atoms with E-state index in [0.29, 0.717) is 17.9 Å². The van der Waals surface area contributed by atoms with Gasteiger partial charge in [0, 0.05) is 10.9 Å².